The van der Waals surface area contributed by atoms with Crippen LogP contribution in [0.5, 0.6) is 0 Å². The van der Waals surface area contributed by atoms with Gasteiger partial charge < -0.3 is 19.7 Å². The molecule has 0 saturated carbocycles. The fraction of sp³-hybridized carbons (Fsp3) is 0.435. The third-order valence-corrected chi connectivity index (χ3v) is 4.62. The van der Waals surface area contributed by atoms with E-state index in [4.69, 9.17) is 9.47 Å². The number of alkyl carbamates (subject to hydrolysis) is 1. The lowest BCUT2D eigenvalue weighted by Crippen LogP contribution is -2.45. The highest BCUT2D eigenvalue weighted by Crippen LogP contribution is 2.28. The fourth-order valence-corrected chi connectivity index (χ4v) is 3.37. The van der Waals surface area contributed by atoms with Crippen molar-refractivity contribution in [1.29, 1.82) is 0 Å². The molecule has 0 saturated heterocycles. The van der Waals surface area contributed by atoms with Gasteiger partial charge in [0.15, 0.2) is 0 Å². The number of halogens is 1. The molecule has 3 rings (SSSR count). The Morgan fingerprint density at radius 3 is 2.69 bits per heavy atom. The van der Waals surface area contributed by atoms with Crippen LogP contribution < -0.4 is 10.2 Å². The summed E-state index contributed by atoms with van der Waals surface area (Å²) in [7, 11) is 0. The summed E-state index contributed by atoms with van der Waals surface area (Å²) in [6.45, 7) is 7.69. The van der Waals surface area contributed by atoms with Gasteiger partial charge in [0.05, 0.1) is 19.8 Å². The molecule has 0 fully saturated rings. The van der Waals surface area contributed by atoms with Crippen molar-refractivity contribution >= 4 is 11.8 Å². The maximum Gasteiger partial charge on any atom is 0.407 e. The molecule has 0 bridgehead atoms. The van der Waals surface area contributed by atoms with Crippen LogP contribution in [0.25, 0.3) is 0 Å². The number of fused-ring (bicyclic) bond motifs is 1. The zero-order chi connectivity index (χ0) is 20.9. The molecule has 2 aromatic carbocycles. The zero-order valence-electron chi connectivity index (χ0n) is 17.3. The Hall–Kier alpha value is -2.60. The van der Waals surface area contributed by atoms with Crippen molar-refractivity contribution in [3.05, 3.63) is 65.5 Å². The second kappa shape index (κ2) is 9.27. The molecule has 1 amide bonds. The van der Waals surface area contributed by atoms with Crippen LogP contribution in [-0.4, -0.2) is 37.4 Å². The van der Waals surface area contributed by atoms with E-state index in [1.54, 1.807) is 12.1 Å². The van der Waals surface area contributed by atoms with E-state index < -0.39 is 12.2 Å². The Labute approximate surface area is 171 Å². The van der Waals surface area contributed by atoms with Gasteiger partial charge in [0.1, 0.15) is 11.9 Å². The van der Waals surface area contributed by atoms with E-state index in [1.807, 2.05) is 51.1 Å². The topological polar surface area (TPSA) is 50.8 Å². The largest absolute Gasteiger partial charge is 0.442 e. The molecule has 1 atom stereocenters. The number of anilines is 1. The molecular formula is C23H29FN2O3. The normalized spacial score (nSPS) is 14.4. The smallest absolute Gasteiger partial charge is 0.407 e. The summed E-state index contributed by atoms with van der Waals surface area (Å²) in [5.41, 5.74) is 2.64. The number of hydrogen-bond donors (Lipinski definition) is 1. The highest BCUT2D eigenvalue weighted by molar-refractivity contribution is 5.68. The predicted molar refractivity (Wildman–Crippen MR) is 112 cm³/mol. The highest BCUT2D eigenvalue weighted by Gasteiger charge is 2.26. The predicted octanol–water partition coefficient (Wildman–Crippen LogP) is 4.30. The molecule has 0 aliphatic carbocycles. The minimum atomic E-state index is -0.468. The number of hydrogen-bond acceptors (Lipinski definition) is 4. The quantitative estimate of drug-likeness (QED) is 0.753. The molecule has 29 heavy (non-hydrogen) atoms. The number of amides is 1. The SMILES string of the molecule is CC(C)(C)NC(=O)OC(COCc1ccccc1)CN1CCc2cc(F)ccc21. The maximum absolute atomic E-state index is 13.5. The highest BCUT2D eigenvalue weighted by atomic mass is 19.1. The average Bonchev–Trinajstić information content (AvgIpc) is 3.02. The van der Waals surface area contributed by atoms with Crippen molar-refractivity contribution in [2.24, 2.45) is 0 Å². The van der Waals surface area contributed by atoms with Gasteiger partial charge in [-0.05, 0) is 56.5 Å². The standard InChI is InChI=1S/C23H29FN2O3/c1-23(2,3)25-22(27)29-20(16-28-15-17-7-5-4-6-8-17)14-26-12-11-18-13-19(24)9-10-21(18)26/h4-10,13,20H,11-12,14-16H2,1-3H3,(H,25,27). The first-order valence-electron chi connectivity index (χ1n) is 9.94. The number of rotatable bonds is 7. The third-order valence-electron chi connectivity index (χ3n) is 4.62. The molecule has 0 aromatic heterocycles. The van der Waals surface area contributed by atoms with Gasteiger partial charge in [-0.15, -0.1) is 0 Å². The first-order valence-corrected chi connectivity index (χ1v) is 9.94. The van der Waals surface area contributed by atoms with E-state index in [2.05, 4.69) is 10.2 Å². The van der Waals surface area contributed by atoms with Crippen LogP contribution in [0, 0.1) is 5.82 Å². The minimum absolute atomic E-state index is 0.228. The first-order chi connectivity index (χ1) is 13.8. The van der Waals surface area contributed by atoms with Gasteiger partial charge in [0, 0.05) is 17.8 Å². The average molecular weight is 400 g/mol. The van der Waals surface area contributed by atoms with Gasteiger partial charge in [-0.3, -0.25) is 0 Å². The zero-order valence-corrected chi connectivity index (χ0v) is 17.3. The van der Waals surface area contributed by atoms with E-state index in [1.165, 1.54) is 6.07 Å². The number of carbonyl (C=O) groups excluding carboxylic acids is 1. The maximum atomic E-state index is 13.5. The van der Waals surface area contributed by atoms with Crippen LogP contribution in [-0.2, 0) is 22.5 Å². The van der Waals surface area contributed by atoms with E-state index >= 15 is 0 Å². The lowest BCUT2D eigenvalue weighted by molar-refractivity contribution is 0.0148. The lowest BCUT2D eigenvalue weighted by atomic mass is 10.1. The minimum Gasteiger partial charge on any atom is -0.442 e. The second-order valence-corrected chi connectivity index (χ2v) is 8.37. The molecule has 1 aliphatic heterocycles. The molecular weight excluding hydrogens is 371 g/mol. The van der Waals surface area contributed by atoms with Crippen molar-refractivity contribution in [2.45, 2.75) is 45.4 Å². The third kappa shape index (κ3) is 6.46. The number of ether oxygens (including phenoxy) is 2. The van der Waals surface area contributed by atoms with E-state index in [0.29, 0.717) is 13.2 Å². The van der Waals surface area contributed by atoms with E-state index in [-0.39, 0.29) is 18.0 Å². The lowest BCUT2D eigenvalue weighted by Gasteiger charge is -2.28. The molecule has 1 N–H and O–H groups in total. The molecule has 2 aromatic rings. The summed E-state index contributed by atoms with van der Waals surface area (Å²) in [5, 5.41) is 2.82. The van der Waals surface area contributed by atoms with Crippen LogP contribution in [0.4, 0.5) is 14.9 Å². The van der Waals surface area contributed by atoms with Gasteiger partial charge in [-0.25, -0.2) is 9.18 Å². The van der Waals surface area contributed by atoms with E-state index in [9.17, 15) is 9.18 Å². The Morgan fingerprint density at radius 1 is 1.21 bits per heavy atom. The molecule has 6 heteroatoms. The Balaban J connectivity index is 1.63. The fourth-order valence-electron chi connectivity index (χ4n) is 3.37. The van der Waals surface area contributed by atoms with Gasteiger partial charge in [-0.1, -0.05) is 30.3 Å². The van der Waals surface area contributed by atoms with E-state index in [0.717, 1.165) is 29.8 Å². The number of nitrogens with one attached hydrogen (secondary N) is 1. The van der Waals surface area contributed by atoms with Crippen LogP contribution in [0.15, 0.2) is 48.5 Å². The van der Waals surface area contributed by atoms with Gasteiger partial charge in [0.25, 0.3) is 0 Å². The number of nitrogens with zero attached hydrogens (tertiary/aromatic N) is 1. The summed E-state index contributed by atoms with van der Waals surface area (Å²) < 4.78 is 25.0. The van der Waals surface area contributed by atoms with Crippen molar-refractivity contribution in [3.63, 3.8) is 0 Å². The molecule has 0 radical (unpaired) electrons. The van der Waals surface area contributed by atoms with Crippen molar-refractivity contribution in [2.75, 3.05) is 24.6 Å². The van der Waals surface area contributed by atoms with Gasteiger partial charge >= 0.3 is 6.09 Å². The monoisotopic (exact) mass is 400 g/mol. The summed E-state index contributed by atoms with van der Waals surface area (Å²) >= 11 is 0. The summed E-state index contributed by atoms with van der Waals surface area (Å²) in [6.07, 6.45) is -0.139. The molecule has 1 aliphatic rings. The van der Waals surface area contributed by atoms with Crippen LogP contribution >= 0.6 is 0 Å². The molecule has 5 nitrogen and oxygen atoms in total. The molecule has 1 unspecified atom stereocenters. The van der Waals surface area contributed by atoms with Crippen LogP contribution in [0.2, 0.25) is 0 Å². The first kappa shape index (κ1) is 21.1. The number of carbonyl (C=O) groups is 1. The summed E-state index contributed by atoms with van der Waals surface area (Å²) in [5.74, 6) is -0.228. The second-order valence-electron chi connectivity index (χ2n) is 8.37. The van der Waals surface area contributed by atoms with Gasteiger partial charge in [0.2, 0.25) is 0 Å². The summed E-state index contributed by atoms with van der Waals surface area (Å²) in [6, 6.07) is 14.7. The van der Waals surface area contributed by atoms with Crippen molar-refractivity contribution in [1.82, 2.24) is 5.32 Å². The summed E-state index contributed by atoms with van der Waals surface area (Å²) in [4.78, 5) is 14.4. The van der Waals surface area contributed by atoms with Crippen molar-refractivity contribution in [3.8, 4) is 0 Å². The number of benzene rings is 2. The van der Waals surface area contributed by atoms with Crippen LogP contribution in [0.3, 0.4) is 0 Å². The molecule has 1 heterocycles. The Morgan fingerprint density at radius 2 is 1.97 bits per heavy atom. The Kier molecular flexibility index (Phi) is 6.75. The molecule has 156 valence electrons. The van der Waals surface area contributed by atoms with Crippen LogP contribution in [0.1, 0.15) is 31.9 Å². The van der Waals surface area contributed by atoms with Crippen molar-refractivity contribution < 1.29 is 18.7 Å². The van der Waals surface area contributed by atoms with Gasteiger partial charge in [-0.2, -0.15) is 0 Å². The molecule has 0 spiro atoms. The Bertz CT molecular complexity index is 821.